The molecule has 0 radical (unpaired) electrons. The lowest BCUT2D eigenvalue weighted by Gasteiger charge is -2.37. The number of nitrogens with one attached hydrogen (secondary N) is 1. The standard InChI is InChI=1S/C17H34N2O3/c1-14(13-20)8-7-10-18-12-15-9-5-6-11-19(15)16(21)22-17(2,3)4/h14-15,18,20H,5-13H2,1-4H3. The van der Waals surface area contributed by atoms with Gasteiger partial charge in [-0.1, -0.05) is 6.92 Å². The maximum absolute atomic E-state index is 12.3. The van der Waals surface area contributed by atoms with Crippen molar-refractivity contribution in [2.24, 2.45) is 5.92 Å². The van der Waals surface area contributed by atoms with Gasteiger partial charge in [-0.2, -0.15) is 0 Å². The first kappa shape index (κ1) is 19.2. The molecule has 0 aromatic carbocycles. The molecule has 1 rings (SSSR count). The molecule has 1 saturated heterocycles. The van der Waals surface area contributed by atoms with E-state index in [2.05, 4.69) is 12.2 Å². The SMILES string of the molecule is CC(CO)CCCNCC1CCCCN1C(=O)OC(C)(C)C. The van der Waals surface area contributed by atoms with Crippen LogP contribution in [0, 0.1) is 5.92 Å². The fourth-order valence-corrected chi connectivity index (χ4v) is 2.71. The summed E-state index contributed by atoms with van der Waals surface area (Å²) in [5.74, 6) is 0.370. The van der Waals surface area contributed by atoms with Crippen LogP contribution in [0.15, 0.2) is 0 Å². The van der Waals surface area contributed by atoms with Crippen molar-refractivity contribution in [3.63, 3.8) is 0 Å². The molecule has 1 fully saturated rings. The Kier molecular flexibility index (Phi) is 8.18. The Hall–Kier alpha value is -0.810. The number of carbonyl (C=O) groups is 1. The van der Waals surface area contributed by atoms with Crippen LogP contribution in [0.25, 0.3) is 0 Å². The second-order valence-corrected chi connectivity index (χ2v) is 7.46. The Morgan fingerprint density at radius 2 is 2.14 bits per heavy atom. The Morgan fingerprint density at radius 3 is 2.77 bits per heavy atom. The van der Waals surface area contributed by atoms with Gasteiger partial charge in [0.1, 0.15) is 5.60 Å². The Balaban J connectivity index is 2.34. The van der Waals surface area contributed by atoms with Crippen LogP contribution in [0.1, 0.15) is 59.8 Å². The molecule has 0 saturated carbocycles. The van der Waals surface area contributed by atoms with Crippen LogP contribution < -0.4 is 5.32 Å². The van der Waals surface area contributed by atoms with Crippen LogP contribution in [-0.2, 0) is 4.74 Å². The topological polar surface area (TPSA) is 61.8 Å². The normalized spacial score (nSPS) is 20.8. The molecule has 5 heteroatoms. The Bertz CT molecular complexity index is 328. The van der Waals surface area contributed by atoms with Gasteiger partial charge in [0, 0.05) is 25.7 Å². The van der Waals surface area contributed by atoms with E-state index >= 15 is 0 Å². The van der Waals surface area contributed by atoms with Crippen LogP contribution in [-0.4, -0.2) is 54.0 Å². The second kappa shape index (κ2) is 9.36. The number of hydrogen-bond donors (Lipinski definition) is 2. The highest BCUT2D eigenvalue weighted by molar-refractivity contribution is 5.68. The highest BCUT2D eigenvalue weighted by Crippen LogP contribution is 2.20. The molecule has 0 aliphatic carbocycles. The summed E-state index contributed by atoms with van der Waals surface area (Å²) >= 11 is 0. The van der Waals surface area contributed by atoms with Crippen LogP contribution in [0.3, 0.4) is 0 Å². The molecule has 1 aliphatic heterocycles. The molecule has 2 unspecified atom stereocenters. The fourth-order valence-electron chi connectivity index (χ4n) is 2.71. The molecule has 1 amide bonds. The van der Waals surface area contributed by atoms with E-state index in [1.165, 1.54) is 6.42 Å². The van der Waals surface area contributed by atoms with Crippen LogP contribution in [0.5, 0.6) is 0 Å². The van der Waals surface area contributed by atoms with Crippen molar-refractivity contribution < 1.29 is 14.6 Å². The Labute approximate surface area is 135 Å². The fraction of sp³-hybridized carbons (Fsp3) is 0.941. The summed E-state index contributed by atoms with van der Waals surface area (Å²) in [6.07, 6.45) is 5.18. The predicted molar refractivity (Wildman–Crippen MR) is 88.9 cm³/mol. The zero-order valence-electron chi connectivity index (χ0n) is 14.7. The van der Waals surface area contributed by atoms with E-state index in [4.69, 9.17) is 9.84 Å². The first-order valence-corrected chi connectivity index (χ1v) is 8.64. The highest BCUT2D eigenvalue weighted by Gasteiger charge is 2.29. The largest absolute Gasteiger partial charge is 0.444 e. The summed E-state index contributed by atoms with van der Waals surface area (Å²) in [5, 5.41) is 12.5. The average Bonchev–Trinajstić information content (AvgIpc) is 2.45. The molecule has 5 nitrogen and oxygen atoms in total. The van der Waals surface area contributed by atoms with Crippen molar-refractivity contribution in [2.45, 2.75) is 71.4 Å². The summed E-state index contributed by atoms with van der Waals surface area (Å²) in [7, 11) is 0. The van der Waals surface area contributed by atoms with Gasteiger partial charge in [0.2, 0.25) is 0 Å². The summed E-state index contributed by atoms with van der Waals surface area (Å²) in [5.41, 5.74) is -0.438. The van der Waals surface area contributed by atoms with Crippen molar-refractivity contribution in [3.05, 3.63) is 0 Å². The van der Waals surface area contributed by atoms with Gasteiger partial charge in [0.25, 0.3) is 0 Å². The van der Waals surface area contributed by atoms with Crippen molar-refractivity contribution >= 4 is 6.09 Å². The number of piperidine rings is 1. The van der Waals surface area contributed by atoms with Crippen LogP contribution in [0.2, 0.25) is 0 Å². The molecule has 130 valence electrons. The van der Waals surface area contributed by atoms with Crippen molar-refractivity contribution in [2.75, 3.05) is 26.2 Å². The van der Waals surface area contributed by atoms with E-state index < -0.39 is 5.60 Å². The van der Waals surface area contributed by atoms with Gasteiger partial charge in [-0.05, 0) is 65.3 Å². The summed E-state index contributed by atoms with van der Waals surface area (Å²) in [6.45, 7) is 10.6. The molecule has 2 N–H and O–H groups in total. The summed E-state index contributed by atoms with van der Waals surface area (Å²) < 4.78 is 5.51. The number of aliphatic hydroxyl groups is 1. The van der Waals surface area contributed by atoms with Gasteiger partial charge in [0.05, 0.1) is 0 Å². The van der Waals surface area contributed by atoms with E-state index in [1.54, 1.807) is 0 Å². The third-order valence-corrected chi connectivity index (χ3v) is 4.00. The zero-order valence-corrected chi connectivity index (χ0v) is 14.7. The lowest BCUT2D eigenvalue weighted by atomic mass is 10.0. The third-order valence-electron chi connectivity index (χ3n) is 4.00. The quantitative estimate of drug-likeness (QED) is 0.709. The number of ether oxygens (including phenoxy) is 1. The van der Waals surface area contributed by atoms with Gasteiger partial charge < -0.3 is 20.1 Å². The number of rotatable bonds is 7. The summed E-state index contributed by atoms with van der Waals surface area (Å²) in [4.78, 5) is 14.2. The molecule has 22 heavy (non-hydrogen) atoms. The maximum Gasteiger partial charge on any atom is 0.410 e. The van der Waals surface area contributed by atoms with Crippen molar-refractivity contribution in [3.8, 4) is 0 Å². The molecular formula is C17H34N2O3. The van der Waals surface area contributed by atoms with Crippen LogP contribution in [0.4, 0.5) is 4.79 Å². The monoisotopic (exact) mass is 314 g/mol. The maximum atomic E-state index is 12.3. The van der Waals surface area contributed by atoms with Crippen LogP contribution >= 0.6 is 0 Å². The van der Waals surface area contributed by atoms with E-state index in [0.29, 0.717) is 5.92 Å². The lowest BCUT2D eigenvalue weighted by Crippen LogP contribution is -2.50. The van der Waals surface area contributed by atoms with Gasteiger partial charge in [-0.15, -0.1) is 0 Å². The van der Waals surface area contributed by atoms with Crippen molar-refractivity contribution in [1.82, 2.24) is 10.2 Å². The average molecular weight is 314 g/mol. The number of carbonyl (C=O) groups excluding carboxylic acids is 1. The first-order valence-electron chi connectivity index (χ1n) is 8.64. The van der Waals surface area contributed by atoms with E-state index in [9.17, 15) is 4.79 Å². The highest BCUT2D eigenvalue weighted by atomic mass is 16.6. The van der Waals surface area contributed by atoms with Gasteiger partial charge in [0.15, 0.2) is 0 Å². The number of nitrogens with zero attached hydrogens (tertiary/aromatic N) is 1. The number of aliphatic hydroxyl groups excluding tert-OH is 1. The number of amides is 1. The molecule has 1 heterocycles. The molecule has 2 atom stereocenters. The number of hydrogen-bond acceptors (Lipinski definition) is 4. The minimum atomic E-state index is -0.438. The smallest absolute Gasteiger partial charge is 0.410 e. The molecule has 0 aromatic rings. The molecule has 0 aromatic heterocycles. The predicted octanol–water partition coefficient (Wildman–Crippen LogP) is 2.77. The molecule has 0 spiro atoms. The summed E-state index contributed by atoms with van der Waals surface area (Å²) in [6, 6.07) is 0.235. The van der Waals surface area contributed by atoms with Gasteiger partial charge in [-0.3, -0.25) is 0 Å². The molecule has 1 aliphatic rings. The van der Waals surface area contributed by atoms with Gasteiger partial charge >= 0.3 is 6.09 Å². The minimum absolute atomic E-state index is 0.187. The third kappa shape index (κ3) is 7.45. The number of likely N-dealkylation sites (tertiary alicyclic amines) is 1. The lowest BCUT2D eigenvalue weighted by molar-refractivity contribution is 0.00996. The molecular weight excluding hydrogens is 280 g/mol. The minimum Gasteiger partial charge on any atom is -0.444 e. The van der Waals surface area contributed by atoms with Crippen molar-refractivity contribution in [1.29, 1.82) is 0 Å². The van der Waals surface area contributed by atoms with E-state index in [-0.39, 0.29) is 18.7 Å². The zero-order chi connectivity index (χ0) is 16.6. The molecule has 0 bridgehead atoms. The van der Waals surface area contributed by atoms with Gasteiger partial charge in [-0.25, -0.2) is 4.79 Å². The second-order valence-electron chi connectivity index (χ2n) is 7.46. The Morgan fingerprint density at radius 1 is 1.41 bits per heavy atom. The first-order chi connectivity index (χ1) is 10.3. The van der Waals surface area contributed by atoms with E-state index in [1.807, 2.05) is 25.7 Å². The van der Waals surface area contributed by atoms with E-state index in [0.717, 1.165) is 45.3 Å².